The predicted molar refractivity (Wildman–Crippen MR) is 69.2 cm³/mol. The van der Waals surface area contributed by atoms with Gasteiger partial charge in [-0.25, -0.2) is 0 Å². The molecule has 0 aromatic carbocycles. The van der Waals surface area contributed by atoms with Crippen LogP contribution < -0.4 is 5.73 Å². The fourth-order valence-electron chi connectivity index (χ4n) is 1.82. The zero-order valence-corrected chi connectivity index (χ0v) is 10.8. The first-order valence-electron chi connectivity index (χ1n) is 6.77. The van der Waals surface area contributed by atoms with Gasteiger partial charge in [-0.1, -0.05) is 39.5 Å². The van der Waals surface area contributed by atoms with Gasteiger partial charge in [0.15, 0.2) is 0 Å². The molecule has 2 heteroatoms. The minimum atomic E-state index is 0.831. The fraction of sp³-hybridized carbons (Fsp3) is 1.00. The molecule has 0 saturated carbocycles. The maximum absolute atomic E-state index is 5.56. The Morgan fingerprint density at radius 3 is 1.60 bits per heavy atom. The van der Waals surface area contributed by atoms with E-state index in [2.05, 4.69) is 18.7 Å². The van der Waals surface area contributed by atoms with Gasteiger partial charge in [0, 0.05) is 0 Å². The molecule has 0 radical (unpaired) electrons. The summed E-state index contributed by atoms with van der Waals surface area (Å²) >= 11 is 0. The summed E-state index contributed by atoms with van der Waals surface area (Å²) in [4.78, 5) is 2.60. The van der Waals surface area contributed by atoms with Crippen molar-refractivity contribution < 1.29 is 0 Å². The Morgan fingerprint density at radius 1 is 0.733 bits per heavy atom. The van der Waals surface area contributed by atoms with Crippen LogP contribution in [0.15, 0.2) is 0 Å². The number of nitrogens with two attached hydrogens (primary N) is 1. The first kappa shape index (κ1) is 14.9. The molecule has 0 rings (SSSR count). The summed E-state index contributed by atoms with van der Waals surface area (Å²) in [6.45, 7) is 9.11. The monoisotopic (exact) mass is 214 g/mol. The highest BCUT2D eigenvalue weighted by Crippen LogP contribution is 2.03. The minimum Gasteiger partial charge on any atom is -0.330 e. The van der Waals surface area contributed by atoms with Crippen molar-refractivity contribution in [2.24, 2.45) is 5.73 Å². The molecule has 0 unspecified atom stereocenters. The number of hydrogen-bond acceptors (Lipinski definition) is 2. The first-order valence-corrected chi connectivity index (χ1v) is 6.77. The van der Waals surface area contributed by atoms with Crippen molar-refractivity contribution in [1.82, 2.24) is 4.90 Å². The standard InChI is InChI=1S/C13H30N2/c1-3-5-7-11-15(13-9-10-14)12-8-6-4-2/h3-14H2,1-2H3. The van der Waals surface area contributed by atoms with E-state index in [0.717, 1.165) is 13.0 Å². The highest BCUT2D eigenvalue weighted by Gasteiger charge is 2.02. The molecule has 0 aliphatic heterocycles. The van der Waals surface area contributed by atoms with E-state index < -0.39 is 0 Å². The van der Waals surface area contributed by atoms with E-state index in [0.29, 0.717) is 0 Å². The Balaban J connectivity index is 3.53. The Kier molecular flexibility index (Phi) is 11.9. The van der Waals surface area contributed by atoms with E-state index >= 15 is 0 Å². The summed E-state index contributed by atoms with van der Waals surface area (Å²) in [5.74, 6) is 0. The summed E-state index contributed by atoms with van der Waals surface area (Å²) in [5, 5.41) is 0. The average Bonchev–Trinajstić information content (AvgIpc) is 2.25. The smallest absolute Gasteiger partial charge is 0.000672 e. The predicted octanol–water partition coefficient (Wildman–Crippen LogP) is 3.02. The van der Waals surface area contributed by atoms with Gasteiger partial charge in [-0.05, 0) is 45.4 Å². The summed E-state index contributed by atoms with van der Waals surface area (Å²) < 4.78 is 0. The Morgan fingerprint density at radius 2 is 1.20 bits per heavy atom. The van der Waals surface area contributed by atoms with Gasteiger partial charge >= 0.3 is 0 Å². The quantitative estimate of drug-likeness (QED) is 0.536. The van der Waals surface area contributed by atoms with Gasteiger partial charge in [-0.3, -0.25) is 0 Å². The zero-order valence-electron chi connectivity index (χ0n) is 10.8. The van der Waals surface area contributed by atoms with Crippen molar-refractivity contribution in [2.75, 3.05) is 26.2 Å². The molecule has 15 heavy (non-hydrogen) atoms. The van der Waals surface area contributed by atoms with Gasteiger partial charge < -0.3 is 10.6 Å². The van der Waals surface area contributed by atoms with Crippen LogP contribution in [0, 0.1) is 0 Å². The maximum atomic E-state index is 5.56. The van der Waals surface area contributed by atoms with Crippen LogP contribution in [-0.4, -0.2) is 31.1 Å². The molecule has 0 fully saturated rings. The summed E-state index contributed by atoms with van der Waals surface area (Å²) in [6.07, 6.45) is 9.23. The number of hydrogen-bond donors (Lipinski definition) is 1. The molecule has 2 nitrogen and oxygen atoms in total. The van der Waals surface area contributed by atoms with Crippen LogP contribution >= 0.6 is 0 Å². The van der Waals surface area contributed by atoms with Gasteiger partial charge in [0.1, 0.15) is 0 Å². The van der Waals surface area contributed by atoms with E-state index in [-0.39, 0.29) is 0 Å². The van der Waals surface area contributed by atoms with Crippen molar-refractivity contribution in [1.29, 1.82) is 0 Å². The molecule has 0 heterocycles. The lowest BCUT2D eigenvalue weighted by Crippen LogP contribution is -2.28. The minimum absolute atomic E-state index is 0.831. The molecule has 0 spiro atoms. The largest absolute Gasteiger partial charge is 0.330 e. The topological polar surface area (TPSA) is 29.3 Å². The molecular weight excluding hydrogens is 184 g/mol. The molecule has 0 saturated heterocycles. The normalized spacial score (nSPS) is 11.2. The average molecular weight is 214 g/mol. The summed E-state index contributed by atoms with van der Waals surface area (Å²) in [6, 6.07) is 0. The Labute approximate surface area is 96.2 Å². The second-order valence-electron chi connectivity index (χ2n) is 4.40. The molecule has 0 aromatic rings. The van der Waals surface area contributed by atoms with Crippen LogP contribution in [0.1, 0.15) is 58.8 Å². The lowest BCUT2D eigenvalue weighted by Gasteiger charge is -2.21. The van der Waals surface area contributed by atoms with Crippen LogP contribution in [0.2, 0.25) is 0 Å². The van der Waals surface area contributed by atoms with E-state index in [4.69, 9.17) is 5.73 Å². The number of unbranched alkanes of at least 4 members (excludes halogenated alkanes) is 4. The van der Waals surface area contributed by atoms with Crippen molar-refractivity contribution in [2.45, 2.75) is 58.8 Å². The molecule has 92 valence electrons. The van der Waals surface area contributed by atoms with Crippen LogP contribution in [0.5, 0.6) is 0 Å². The van der Waals surface area contributed by atoms with Crippen molar-refractivity contribution in [3.05, 3.63) is 0 Å². The lowest BCUT2D eigenvalue weighted by molar-refractivity contribution is 0.260. The van der Waals surface area contributed by atoms with Crippen LogP contribution in [0.4, 0.5) is 0 Å². The van der Waals surface area contributed by atoms with Gasteiger partial charge in [-0.2, -0.15) is 0 Å². The molecule has 0 aromatic heterocycles. The molecule has 0 aliphatic carbocycles. The molecule has 0 bridgehead atoms. The van der Waals surface area contributed by atoms with E-state index in [9.17, 15) is 0 Å². The zero-order chi connectivity index (χ0) is 11.4. The van der Waals surface area contributed by atoms with Crippen LogP contribution in [0.25, 0.3) is 0 Å². The summed E-state index contributed by atoms with van der Waals surface area (Å²) in [5.41, 5.74) is 5.56. The molecule has 0 atom stereocenters. The van der Waals surface area contributed by atoms with E-state index in [1.54, 1.807) is 0 Å². The second kappa shape index (κ2) is 12.0. The Bertz CT molecular complexity index is 105. The highest BCUT2D eigenvalue weighted by molar-refractivity contribution is 4.59. The fourth-order valence-corrected chi connectivity index (χ4v) is 1.82. The lowest BCUT2D eigenvalue weighted by atomic mass is 10.2. The third kappa shape index (κ3) is 10.2. The highest BCUT2D eigenvalue weighted by atomic mass is 15.1. The summed E-state index contributed by atoms with van der Waals surface area (Å²) in [7, 11) is 0. The van der Waals surface area contributed by atoms with Gasteiger partial charge in [0.05, 0.1) is 0 Å². The van der Waals surface area contributed by atoms with Crippen molar-refractivity contribution in [3.8, 4) is 0 Å². The van der Waals surface area contributed by atoms with Crippen molar-refractivity contribution >= 4 is 0 Å². The van der Waals surface area contributed by atoms with E-state index in [1.807, 2.05) is 0 Å². The van der Waals surface area contributed by atoms with Crippen molar-refractivity contribution in [3.63, 3.8) is 0 Å². The van der Waals surface area contributed by atoms with Gasteiger partial charge in [0.2, 0.25) is 0 Å². The van der Waals surface area contributed by atoms with Crippen LogP contribution in [0.3, 0.4) is 0 Å². The third-order valence-corrected chi connectivity index (χ3v) is 2.83. The Hall–Kier alpha value is -0.0800. The maximum Gasteiger partial charge on any atom is -0.000672 e. The molecule has 0 aliphatic rings. The first-order chi connectivity index (χ1) is 7.35. The number of rotatable bonds is 11. The van der Waals surface area contributed by atoms with Gasteiger partial charge in [-0.15, -0.1) is 0 Å². The number of nitrogens with zero attached hydrogens (tertiary/aromatic N) is 1. The third-order valence-electron chi connectivity index (χ3n) is 2.83. The van der Waals surface area contributed by atoms with Gasteiger partial charge in [0.25, 0.3) is 0 Å². The second-order valence-corrected chi connectivity index (χ2v) is 4.40. The molecule has 0 amide bonds. The molecule has 2 N–H and O–H groups in total. The van der Waals surface area contributed by atoms with E-state index in [1.165, 1.54) is 58.2 Å². The SMILES string of the molecule is CCCCCN(CCCN)CCCCC. The van der Waals surface area contributed by atoms with Crippen LogP contribution in [-0.2, 0) is 0 Å². The molecular formula is C13H30N2.